The van der Waals surface area contributed by atoms with Crippen LogP contribution in [0.4, 0.5) is 8.78 Å². The molecule has 0 aliphatic heterocycles. The summed E-state index contributed by atoms with van der Waals surface area (Å²) in [5.41, 5.74) is 0.572. The molecule has 0 spiro atoms. The van der Waals surface area contributed by atoms with Gasteiger partial charge in [-0.1, -0.05) is 30.3 Å². The van der Waals surface area contributed by atoms with E-state index in [2.05, 4.69) is 5.10 Å². The fraction of sp³-hybridized carbons (Fsp3) is 0.471. The number of rotatable bonds is 5. The molecule has 3 nitrogen and oxygen atoms in total. The van der Waals surface area contributed by atoms with Gasteiger partial charge in [-0.2, -0.15) is 5.10 Å². The second-order valence-corrected chi connectivity index (χ2v) is 5.72. The summed E-state index contributed by atoms with van der Waals surface area (Å²) in [6, 6.07) is 10.8. The summed E-state index contributed by atoms with van der Waals surface area (Å²) < 4.78 is 35.6. The first kappa shape index (κ1) is 15.2. The molecular weight excluding hydrogens is 286 g/mol. The number of ether oxygens (including phenoxy) is 1. The maximum atomic E-state index is 14.3. The van der Waals surface area contributed by atoms with Gasteiger partial charge in [0, 0.05) is 18.8 Å². The Balaban J connectivity index is 1.50. The Kier molecular flexibility index (Phi) is 4.83. The van der Waals surface area contributed by atoms with E-state index in [1.54, 1.807) is 35.1 Å². The molecule has 4 atom stereocenters. The molecule has 0 N–H and O–H groups in total. The molecule has 0 amide bonds. The smallest absolute Gasteiger partial charge is 0.148 e. The van der Waals surface area contributed by atoms with Crippen LogP contribution in [0.15, 0.2) is 48.8 Å². The molecule has 118 valence electrons. The fourth-order valence-corrected chi connectivity index (χ4v) is 2.96. The molecular formula is C17H20F2N2O. The summed E-state index contributed by atoms with van der Waals surface area (Å²) >= 11 is 0. The summed E-state index contributed by atoms with van der Waals surface area (Å²) in [5, 5.41) is 4.16. The zero-order valence-corrected chi connectivity index (χ0v) is 12.3. The van der Waals surface area contributed by atoms with Crippen molar-refractivity contribution in [3.8, 4) is 0 Å². The highest BCUT2D eigenvalue weighted by Gasteiger charge is 2.32. The Morgan fingerprint density at radius 2 is 2.05 bits per heavy atom. The molecule has 1 saturated carbocycles. The Morgan fingerprint density at radius 1 is 1.23 bits per heavy atom. The SMILES string of the molecule is FC(COC1CCC(n2cccn2)CC1F)c1ccccc1. The highest BCUT2D eigenvalue weighted by atomic mass is 19.1. The molecule has 2 aromatic rings. The highest BCUT2D eigenvalue weighted by Crippen LogP contribution is 2.32. The highest BCUT2D eigenvalue weighted by molar-refractivity contribution is 5.17. The van der Waals surface area contributed by atoms with E-state index < -0.39 is 18.4 Å². The third-order valence-electron chi connectivity index (χ3n) is 4.20. The van der Waals surface area contributed by atoms with E-state index in [-0.39, 0.29) is 12.6 Å². The number of hydrogen-bond acceptors (Lipinski definition) is 2. The quantitative estimate of drug-likeness (QED) is 0.833. The van der Waals surface area contributed by atoms with Crippen molar-refractivity contribution in [1.82, 2.24) is 9.78 Å². The third kappa shape index (κ3) is 3.53. The van der Waals surface area contributed by atoms with Gasteiger partial charge in [0.25, 0.3) is 0 Å². The molecule has 4 unspecified atom stereocenters. The van der Waals surface area contributed by atoms with Gasteiger partial charge in [0.15, 0.2) is 0 Å². The van der Waals surface area contributed by atoms with Gasteiger partial charge in [-0.3, -0.25) is 4.68 Å². The zero-order valence-electron chi connectivity index (χ0n) is 12.3. The molecule has 1 aromatic carbocycles. The number of benzene rings is 1. The van der Waals surface area contributed by atoms with E-state index >= 15 is 0 Å². The number of halogens is 2. The lowest BCUT2D eigenvalue weighted by atomic mass is 9.91. The van der Waals surface area contributed by atoms with Crippen LogP contribution in [0.3, 0.4) is 0 Å². The molecule has 3 rings (SSSR count). The van der Waals surface area contributed by atoms with Gasteiger partial charge in [-0.15, -0.1) is 0 Å². The van der Waals surface area contributed by atoms with Crippen LogP contribution in [0.1, 0.15) is 37.0 Å². The maximum absolute atomic E-state index is 14.3. The molecule has 1 aromatic heterocycles. The lowest BCUT2D eigenvalue weighted by Gasteiger charge is -2.32. The topological polar surface area (TPSA) is 27.1 Å². The van der Waals surface area contributed by atoms with Gasteiger partial charge < -0.3 is 4.74 Å². The Labute approximate surface area is 128 Å². The van der Waals surface area contributed by atoms with Gasteiger partial charge in [0.1, 0.15) is 12.3 Å². The lowest BCUT2D eigenvalue weighted by Crippen LogP contribution is -2.35. The molecule has 1 heterocycles. The number of hydrogen-bond donors (Lipinski definition) is 0. The summed E-state index contributed by atoms with van der Waals surface area (Å²) in [6.45, 7) is -0.0957. The number of aromatic nitrogens is 2. The molecule has 22 heavy (non-hydrogen) atoms. The molecule has 1 fully saturated rings. The van der Waals surface area contributed by atoms with E-state index in [9.17, 15) is 8.78 Å². The second kappa shape index (κ2) is 7.01. The van der Waals surface area contributed by atoms with Crippen molar-refractivity contribution in [3.05, 3.63) is 54.4 Å². The number of nitrogens with zero attached hydrogens (tertiary/aromatic N) is 2. The molecule has 0 radical (unpaired) electrons. The van der Waals surface area contributed by atoms with Crippen molar-refractivity contribution in [2.75, 3.05) is 6.61 Å². The largest absolute Gasteiger partial charge is 0.372 e. The van der Waals surface area contributed by atoms with Crippen LogP contribution in [0.5, 0.6) is 0 Å². The Bertz CT molecular complexity index is 561. The molecule has 1 aliphatic rings. The maximum Gasteiger partial charge on any atom is 0.148 e. The minimum absolute atomic E-state index is 0.0696. The summed E-state index contributed by atoms with van der Waals surface area (Å²) in [4.78, 5) is 0. The predicted octanol–water partition coefficient (Wildman–Crippen LogP) is 4.04. The van der Waals surface area contributed by atoms with Crippen LogP contribution in [0.2, 0.25) is 0 Å². The molecule has 0 saturated heterocycles. The van der Waals surface area contributed by atoms with Crippen LogP contribution in [0.25, 0.3) is 0 Å². The average Bonchev–Trinajstić information content (AvgIpc) is 3.08. The second-order valence-electron chi connectivity index (χ2n) is 5.72. The zero-order chi connectivity index (χ0) is 15.4. The van der Waals surface area contributed by atoms with Gasteiger partial charge in [-0.05, 0) is 24.5 Å². The predicted molar refractivity (Wildman–Crippen MR) is 80.0 cm³/mol. The van der Waals surface area contributed by atoms with Crippen LogP contribution >= 0.6 is 0 Å². The van der Waals surface area contributed by atoms with Gasteiger partial charge in [-0.25, -0.2) is 8.78 Å². The summed E-state index contributed by atoms with van der Waals surface area (Å²) in [7, 11) is 0. The molecule has 0 bridgehead atoms. The first-order valence-corrected chi connectivity index (χ1v) is 7.68. The normalized spacial score (nSPS) is 26.7. The van der Waals surface area contributed by atoms with Crippen LogP contribution in [0, 0.1) is 0 Å². The first-order chi connectivity index (χ1) is 10.7. The van der Waals surface area contributed by atoms with Crippen molar-refractivity contribution in [1.29, 1.82) is 0 Å². The third-order valence-corrected chi connectivity index (χ3v) is 4.20. The number of alkyl halides is 2. The summed E-state index contributed by atoms with van der Waals surface area (Å²) in [6.07, 6.45) is 2.50. The van der Waals surface area contributed by atoms with Crippen LogP contribution < -0.4 is 0 Å². The van der Waals surface area contributed by atoms with Crippen LogP contribution in [-0.4, -0.2) is 28.7 Å². The van der Waals surface area contributed by atoms with Crippen molar-refractivity contribution in [3.63, 3.8) is 0 Å². The Hall–Kier alpha value is -1.75. The molecule has 1 aliphatic carbocycles. The first-order valence-electron chi connectivity index (χ1n) is 7.68. The summed E-state index contributed by atoms with van der Waals surface area (Å²) in [5.74, 6) is 0. The minimum atomic E-state index is -1.21. The minimum Gasteiger partial charge on any atom is -0.372 e. The van der Waals surface area contributed by atoms with Gasteiger partial charge in [0.2, 0.25) is 0 Å². The average molecular weight is 306 g/mol. The van der Waals surface area contributed by atoms with Gasteiger partial charge >= 0.3 is 0 Å². The van der Waals surface area contributed by atoms with Crippen LogP contribution in [-0.2, 0) is 4.74 Å². The Morgan fingerprint density at radius 3 is 2.73 bits per heavy atom. The van der Waals surface area contributed by atoms with Crippen molar-refractivity contribution >= 4 is 0 Å². The van der Waals surface area contributed by atoms with Crippen molar-refractivity contribution in [2.45, 2.75) is 43.8 Å². The van der Waals surface area contributed by atoms with Gasteiger partial charge in [0.05, 0.1) is 18.8 Å². The van der Waals surface area contributed by atoms with Crippen molar-refractivity contribution < 1.29 is 13.5 Å². The van der Waals surface area contributed by atoms with E-state index in [1.807, 2.05) is 18.3 Å². The monoisotopic (exact) mass is 306 g/mol. The fourth-order valence-electron chi connectivity index (χ4n) is 2.96. The van der Waals surface area contributed by atoms with E-state index in [0.29, 0.717) is 18.4 Å². The van der Waals surface area contributed by atoms with Crippen molar-refractivity contribution in [2.24, 2.45) is 0 Å². The van der Waals surface area contributed by atoms with E-state index in [0.717, 1.165) is 6.42 Å². The lowest BCUT2D eigenvalue weighted by molar-refractivity contribution is -0.0528. The van der Waals surface area contributed by atoms with E-state index in [4.69, 9.17) is 4.74 Å². The molecule has 5 heteroatoms. The van der Waals surface area contributed by atoms with E-state index in [1.165, 1.54) is 0 Å². The standard InChI is InChI=1S/C17H20F2N2O/c18-15-11-14(21-10-4-9-20-21)7-8-17(15)22-12-16(19)13-5-2-1-3-6-13/h1-6,9-10,14-17H,7-8,11-12H2.